The van der Waals surface area contributed by atoms with Gasteiger partial charge in [0.05, 0.1) is 22.9 Å². The summed E-state index contributed by atoms with van der Waals surface area (Å²) >= 11 is 6.56. The van der Waals surface area contributed by atoms with E-state index >= 15 is 0 Å². The summed E-state index contributed by atoms with van der Waals surface area (Å²) in [6.45, 7) is 7.01. The number of morpholine rings is 1. The van der Waals surface area contributed by atoms with Crippen LogP contribution in [0.5, 0.6) is 0 Å². The van der Waals surface area contributed by atoms with Crippen molar-refractivity contribution in [3.63, 3.8) is 0 Å². The largest absolute Gasteiger partial charge is 0.385 e. The van der Waals surface area contributed by atoms with Crippen molar-refractivity contribution in [2.24, 2.45) is 11.7 Å². The standard InChI is InChI=1S/C19H30ClN3O/c1-13-11-23(12-14(2)24-13)19-8-7-17(9-18(19)20)22-10-15-3-5-16(21)6-4-15/h7-9,13-16,22H,3-6,10-12,21H2,1-2H3/t13-,14+,15?,16?. The molecule has 24 heavy (non-hydrogen) atoms. The van der Waals surface area contributed by atoms with Crippen LogP contribution in [0.25, 0.3) is 0 Å². The van der Waals surface area contributed by atoms with Crippen molar-refractivity contribution < 1.29 is 4.74 Å². The SMILES string of the molecule is C[C@@H]1CN(c2ccc(NCC3CCC(N)CC3)cc2Cl)C[C@H](C)O1. The molecular weight excluding hydrogens is 322 g/mol. The summed E-state index contributed by atoms with van der Waals surface area (Å²) in [6.07, 6.45) is 5.23. The first-order valence-corrected chi connectivity index (χ1v) is 9.58. The molecule has 2 aliphatic rings. The molecule has 1 aliphatic heterocycles. The molecule has 134 valence electrons. The molecule has 3 N–H and O–H groups in total. The zero-order valence-electron chi connectivity index (χ0n) is 14.8. The van der Waals surface area contributed by atoms with Gasteiger partial charge in [0.15, 0.2) is 0 Å². The van der Waals surface area contributed by atoms with Gasteiger partial charge in [0, 0.05) is 31.4 Å². The van der Waals surface area contributed by atoms with Gasteiger partial charge in [0.1, 0.15) is 0 Å². The Morgan fingerprint density at radius 2 is 1.83 bits per heavy atom. The molecule has 0 radical (unpaired) electrons. The van der Waals surface area contributed by atoms with Crippen LogP contribution in [0.1, 0.15) is 39.5 Å². The smallest absolute Gasteiger partial charge is 0.0726 e. The number of nitrogens with one attached hydrogen (secondary N) is 1. The monoisotopic (exact) mass is 351 g/mol. The molecule has 3 rings (SSSR count). The Balaban J connectivity index is 1.58. The first-order chi connectivity index (χ1) is 11.5. The number of ether oxygens (including phenoxy) is 1. The lowest BCUT2D eigenvalue weighted by molar-refractivity contribution is -0.00520. The molecule has 1 saturated heterocycles. The minimum atomic E-state index is 0.236. The number of rotatable bonds is 4. The predicted octanol–water partition coefficient (Wildman–Crippen LogP) is 3.88. The van der Waals surface area contributed by atoms with Crippen molar-refractivity contribution in [1.29, 1.82) is 0 Å². The lowest BCUT2D eigenvalue weighted by atomic mass is 9.86. The molecule has 4 nitrogen and oxygen atoms in total. The summed E-state index contributed by atoms with van der Waals surface area (Å²) in [5.74, 6) is 0.726. The molecule has 0 spiro atoms. The van der Waals surface area contributed by atoms with Crippen molar-refractivity contribution in [3.05, 3.63) is 23.2 Å². The lowest BCUT2D eigenvalue weighted by Gasteiger charge is -2.37. The Morgan fingerprint density at radius 3 is 2.46 bits per heavy atom. The molecule has 1 heterocycles. The third-order valence-corrected chi connectivity index (χ3v) is 5.50. The summed E-state index contributed by atoms with van der Waals surface area (Å²) in [5, 5.41) is 4.36. The molecule has 2 atom stereocenters. The van der Waals surface area contributed by atoms with Gasteiger partial charge < -0.3 is 20.7 Å². The first kappa shape index (κ1) is 17.8. The second kappa shape index (κ2) is 7.94. The number of hydrogen-bond acceptors (Lipinski definition) is 4. The van der Waals surface area contributed by atoms with Crippen molar-refractivity contribution in [3.8, 4) is 0 Å². The highest BCUT2D eigenvalue weighted by Gasteiger charge is 2.24. The second-order valence-corrected chi connectivity index (χ2v) is 7.90. The Kier molecular flexibility index (Phi) is 5.90. The van der Waals surface area contributed by atoms with Crippen molar-refractivity contribution >= 4 is 23.0 Å². The molecule has 1 aliphatic carbocycles. The van der Waals surface area contributed by atoms with Crippen LogP contribution in [0, 0.1) is 5.92 Å². The summed E-state index contributed by atoms with van der Waals surface area (Å²) in [4.78, 5) is 2.33. The Morgan fingerprint density at radius 1 is 1.17 bits per heavy atom. The predicted molar refractivity (Wildman–Crippen MR) is 102 cm³/mol. The summed E-state index contributed by atoms with van der Waals surface area (Å²) < 4.78 is 5.81. The van der Waals surface area contributed by atoms with E-state index in [1.807, 2.05) is 0 Å². The zero-order valence-corrected chi connectivity index (χ0v) is 15.6. The van der Waals surface area contributed by atoms with Crippen LogP contribution in [0.15, 0.2) is 18.2 Å². The molecule has 0 aromatic heterocycles. The molecular formula is C19H30ClN3O. The van der Waals surface area contributed by atoms with E-state index in [0.717, 1.165) is 54.8 Å². The van der Waals surface area contributed by atoms with E-state index in [2.05, 4.69) is 42.3 Å². The number of nitrogens with two attached hydrogens (primary N) is 1. The Hall–Kier alpha value is -0.970. The quantitative estimate of drug-likeness (QED) is 0.864. The van der Waals surface area contributed by atoms with Crippen LogP contribution in [-0.2, 0) is 4.74 Å². The highest BCUT2D eigenvalue weighted by Crippen LogP contribution is 2.31. The third-order valence-electron chi connectivity index (χ3n) is 5.19. The van der Waals surface area contributed by atoms with Crippen molar-refractivity contribution in [1.82, 2.24) is 0 Å². The topological polar surface area (TPSA) is 50.5 Å². The van der Waals surface area contributed by atoms with Gasteiger partial charge in [0.2, 0.25) is 0 Å². The molecule has 0 bridgehead atoms. The van der Waals surface area contributed by atoms with E-state index in [1.165, 1.54) is 12.8 Å². The van der Waals surface area contributed by atoms with Crippen LogP contribution in [0.4, 0.5) is 11.4 Å². The van der Waals surface area contributed by atoms with E-state index in [0.29, 0.717) is 6.04 Å². The lowest BCUT2D eigenvalue weighted by Crippen LogP contribution is -2.45. The third kappa shape index (κ3) is 4.56. The van der Waals surface area contributed by atoms with Crippen LogP contribution < -0.4 is 16.0 Å². The summed E-state index contributed by atoms with van der Waals surface area (Å²) in [6, 6.07) is 6.73. The minimum Gasteiger partial charge on any atom is -0.385 e. The van der Waals surface area contributed by atoms with Crippen LogP contribution in [0.2, 0.25) is 5.02 Å². The fourth-order valence-corrected chi connectivity index (χ4v) is 4.20. The maximum absolute atomic E-state index is 6.56. The summed E-state index contributed by atoms with van der Waals surface area (Å²) in [5.41, 5.74) is 8.19. The van der Waals surface area contributed by atoms with Gasteiger partial charge in [-0.2, -0.15) is 0 Å². The first-order valence-electron chi connectivity index (χ1n) is 9.20. The van der Waals surface area contributed by atoms with Gasteiger partial charge in [-0.25, -0.2) is 0 Å². The van der Waals surface area contributed by atoms with Crippen LogP contribution in [0.3, 0.4) is 0 Å². The average Bonchev–Trinajstić information content (AvgIpc) is 2.53. The molecule has 0 unspecified atom stereocenters. The zero-order chi connectivity index (χ0) is 17.1. The van der Waals surface area contributed by atoms with Crippen LogP contribution in [-0.4, -0.2) is 37.9 Å². The second-order valence-electron chi connectivity index (χ2n) is 7.49. The van der Waals surface area contributed by atoms with E-state index in [9.17, 15) is 0 Å². The van der Waals surface area contributed by atoms with Gasteiger partial charge in [-0.05, 0) is 63.6 Å². The van der Waals surface area contributed by atoms with E-state index in [4.69, 9.17) is 22.1 Å². The van der Waals surface area contributed by atoms with E-state index in [-0.39, 0.29) is 12.2 Å². The fourth-order valence-electron chi connectivity index (χ4n) is 3.90. The highest BCUT2D eigenvalue weighted by molar-refractivity contribution is 6.33. The molecule has 2 fully saturated rings. The number of nitrogens with zero attached hydrogens (tertiary/aromatic N) is 1. The number of hydrogen-bond donors (Lipinski definition) is 2. The Labute approximate surface area is 150 Å². The molecule has 5 heteroatoms. The van der Waals surface area contributed by atoms with E-state index in [1.54, 1.807) is 0 Å². The van der Waals surface area contributed by atoms with Crippen LogP contribution >= 0.6 is 11.6 Å². The van der Waals surface area contributed by atoms with Gasteiger partial charge >= 0.3 is 0 Å². The van der Waals surface area contributed by atoms with Crippen molar-refractivity contribution in [2.45, 2.75) is 57.8 Å². The van der Waals surface area contributed by atoms with Gasteiger partial charge in [-0.15, -0.1) is 0 Å². The van der Waals surface area contributed by atoms with Gasteiger partial charge in [-0.3, -0.25) is 0 Å². The van der Waals surface area contributed by atoms with Gasteiger partial charge in [0.25, 0.3) is 0 Å². The summed E-state index contributed by atoms with van der Waals surface area (Å²) in [7, 11) is 0. The Bertz CT molecular complexity index is 535. The fraction of sp³-hybridized carbons (Fsp3) is 0.684. The highest BCUT2D eigenvalue weighted by atomic mass is 35.5. The number of halogens is 1. The number of benzene rings is 1. The maximum atomic E-state index is 6.56. The van der Waals surface area contributed by atoms with Crippen molar-refractivity contribution in [2.75, 3.05) is 29.9 Å². The van der Waals surface area contributed by atoms with Gasteiger partial charge in [-0.1, -0.05) is 11.6 Å². The molecule has 1 aromatic rings. The molecule has 1 saturated carbocycles. The normalized spacial score (nSPS) is 31.1. The molecule has 0 amide bonds. The molecule has 1 aromatic carbocycles. The minimum absolute atomic E-state index is 0.236. The van der Waals surface area contributed by atoms with E-state index < -0.39 is 0 Å². The maximum Gasteiger partial charge on any atom is 0.0726 e. The average molecular weight is 352 g/mol. The number of anilines is 2.